The normalized spacial score (nSPS) is 12.4. The second-order valence-corrected chi connectivity index (χ2v) is 5.80. The molecule has 126 valence electrons. The van der Waals surface area contributed by atoms with E-state index in [0.29, 0.717) is 28.8 Å². The lowest BCUT2D eigenvalue weighted by molar-refractivity contribution is 0.550. The average Bonchev–Trinajstić information content (AvgIpc) is 3.24. The number of nitrogens with one attached hydrogen (secondary N) is 1. The highest BCUT2D eigenvalue weighted by Crippen LogP contribution is 2.25. The highest BCUT2D eigenvalue weighted by atomic mass is 16.4. The van der Waals surface area contributed by atoms with Crippen LogP contribution in [0.15, 0.2) is 41.3 Å². The Morgan fingerprint density at radius 1 is 1.08 bits per heavy atom. The van der Waals surface area contributed by atoms with Crippen LogP contribution in [-0.2, 0) is 0 Å². The molecule has 0 aliphatic rings. The van der Waals surface area contributed by atoms with E-state index in [4.69, 9.17) is 4.42 Å². The minimum Gasteiger partial charge on any atom is -0.422 e. The fraction of sp³-hybridized carbons (Fsp3) is 0.235. The number of rotatable bonds is 4. The van der Waals surface area contributed by atoms with Crippen LogP contribution < -0.4 is 5.32 Å². The summed E-state index contributed by atoms with van der Waals surface area (Å²) in [5, 5.41) is 7.53. The highest BCUT2D eigenvalue weighted by molar-refractivity contribution is 5.81. The summed E-state index contributed by atoms with van der Waals surface area (Å²) in [6.45, 7) is 5.70. The minimum atomic E-state index is 0.0410. The van der Waals surface area contributed by atoms with Gasteiger partial charge in [-0.15, -0.1) is 0 Å². The quantitative estimate of drug-likeness (QED) is 0.612. The van der Waals surface area contributed by atoms with Crippen LogP contribution in [-0.4, -0.2) is 29.7 Å². The lowest BCUT2D eigenvalue weighted by Crippen LogP contribution is -2.09. The van der Waals surface area contributed by atoms with E-state index in [1.807, 2.05) is 31.2 Å². The molecule has 1 aromatic carbocycles. The average molecular weight is 335 g/mol. The summed E-state index contributed by atoms with van der Waals surface area (Å²) in [6, 6.07) is 8.15. The summed E-state index contributed by atoms with van der Waals surface area (Å²) in [5.41, 5.74) is 3.23. The van der Waals surface area contributed by atoms with Crippen LogP contribution in [0.4, 0.5) is 5.82 Å². The van der Waals surface area contributed by atoms with E-state index in [1.54, 1.807) is 17.9 Å². The van der Waals surface area contributed by atoms with Crippen LogP contribution in [0.1, 0.15) is 30.2 Å². The van der Waals surface area contributed by atoms with Gasteiger partial charge in [-0.25, -0.2) is 19.6 Å². The summed E-state index contributed by atoms with van der Waals surface area (Å²) in [7, 11) is 0. The third-order valence-corrected chi connectivity index (χ3v) is 3.91. The van der Waals surface area contributed by atoms with E-state index in [9.17, 15) is 0 Å². The Bertz CT molecular complexity index is 1010. The molecule has 0 spiro atoms. The molecule has 3 aromatic heterocycles. The SMILES string of the molecule is Cc1nc(N[C@H](C)c2ccc(-n3cncn3)cc2)c2nc(C)oc2n1. The topological polar surface area (TPSA) is 94.6 Å². The lowest BCUT2D eigenvalue weighted by Gasteiger charge is -2.15. The zero-order valence-corrected chi connectivity index (χ0v) is 14.1. The Balaban J connectivity index is 1.61. The summed E-state index contributed by atoms with van der Waals surface area (Å²) < 4.78 is 7.24. The highest BCUT2D eigenvalue weighted by Gasteiger charge is 2.15. The van der Waals surface area contributed by atoms with Crippen molar-refractivity contribution in [2.24, 2.45) is 0 Å². The Morgan fingerprint density at radius 3 is 2.60 bits per heavy atom. The van der Waals surface area contributed by atoms with Crippen molar-refractivity contribution in [3.8, 4) is 5.69 Å². The minimum absolute atomic E-state index is 0.0410. The maximum atomic E-state index is 5.52. The molecule has 0 unspecified atom stereocenters. The second-order valence-electron chi connectivity index (χ2n) is 5.80. The molecule has 4 aromatic rings. The van der Waals surface area contributed by atoms with Gasteiger partial charge >= 0.3 is 0 Å². The van der Waals surface area contributed by atoms with Crippen molar-refractivity contribution in [2.45, 2.75) is 26.8 Å². The predicted octanol–water partition coefficient (Wildman–Crippen LogP) is 2.99. The first kappa shape index (κ1) is 15.3. The van der Waals surface area contributed by atoms with E-state index in [2.05, 4.69) is 37.3 Å². The molecule has 0 radical (unpaired) electrons. The van der Waals surface area contributed by atoms with Crippen molar-refractivity contribution < 1.29 is 4.42 Å². The van der Waals surface area contributed by atoms with Crippen molar-refractivity contribution in [3.63, 3.8) is 0 Å². The third-order valence-electron chi connectivity index (χ3n) is 3.91. The van der Waals surface area contributed by atoms with Crippen molar-refractivity contribution in [3.05, 3.63) is 54.2 Å². The number of fused-ring (bicyclic) bond motifs is 1. The largest absolute Gasteiger partial charge is 0.422 e. The van der Waals surface area contributed by atoms with E-state index >= 15 is 0 Å². The summed E-state index contributed by atoms with van der Waals surface area (Å²) in [4.78, 5) is 17.1. The van der Waals surface area contributed by atoms with Crippen molar-refractivity contribution in [2.75, 3.05) is 5.32 Å². The summed E-state index contributed by atoms with van der Waals surface area (Å²) in [6.07, 6.45) is 3.19. The molecule has 1 atom stereocenters. The smallest absolute Gasteiger partial charge is 0.252 e. The molecular weight excluding hydrogens is 318 g/mol. The van der Waals surface area contributed by atoms with Crippen LogP contribution in [0.3, 0.4) is 0 Å². The molecule has 0 bridgehead atoms. The maximum absolute atomic E-state index is 5.52. The lowest BCUT2D eigenvalue weighted by atomic mass is 10.1. The molecule has 25 heavy (non-hydrogen) atoms. The Labute approximate surface area is 144 Å². The number of aromatic nitrogens is 6. The molecule has 0 saturated carbocycles. The van der Waals surface area contributed by atoms with Gasteiger partial charge in [-0.2, -0.15) is 10.1 Å². The van der Waals surface area contributed by atoms with Gasteiger partial charge in [0.05, 0.1) is 11.7 Å². The number of hydrogen-bond acceptors (Lipinski definition) is 7. The van der Waals surface area contributed by atoms with Crippen molar-refractivity contribution in [1.29, 1.82) is 0 Å². The van der Waals surface area contributed by atoms with E-state index in [-0.39, 0.29) is 6.04 Å². The zero-order valence-electron chi connectivity index (χ0n) is 14.1. The van der Waals surface area contributed by atoms with Crippen molar-refractivity contribution >= 4 is 17.0 Å². The molecule has 0 amide bonds. The Kier molecular flexibility index (Phi) is 3.64. The monoisotopic (exact) mass is 335 g/mol. The molecule has 4 rings (SSSR count). The Morgan fingerprint density at radius 2 is 1.88 bits per heavy atom. The number of nitrogens with zero attached hydrogens (tertiary/aromatic N) is 6. The van der Waals surface area contributed by atoms with Crippen LogP contribution in [0.25, 0.3) is 16.9 Å². The van der Waals surface area contributed by atoms with Gasteiger partial charge < -0.3 is 9.73 Å². The first-order valence-electron chi connectivity index (χ1n) is 7.93. The number of oxazole rings is 1. The zero-order chi connectivity index (χ0) is 17.4. The van der Waals surface area contributed by atoms with Crippen LogP contribution in [0, 0.1) is 13.8 Å². The van der Waals surface area contributed by atoms with Crippen LogP contribution >= 0.6 is 0 Å². The standard InChI is InChI=1S/C17H17N7O/c1-10(13-4-6-14(7-5-13)24-9-18-8-19-24)20-16-15-17(22-11(2)21-16)25-12(3)23-15/h4-10H,1-3H3,(H,20,21,22)/t10-/m1/s1. The van der Waals surface area contributed by atoms with E-state index in [0.717, 1.165) is 11.3 Å². The number of hydrogen-bond donors (Lipinski definition) is 1. The second kappa shape index (κ2) is 5.97. The molecule has 8 nitrogen and oxygen atoms in total. The number of aryl methyl sites for hydroxylation is 2. The molecular formula is C17H17N7O. The van der Waals surface area contributed by atoms with Gasteiger partial charge in [-0.1, -0.05) is 12.1 Å². The first-order chi connectivity index (χ1) is 12.1. The van der Waals surface area contributed by atoms with Gasteiger partial charge in [-0.05, 0) is 31.5 Å². The van der Waals surface area contributed by atoms with Gasteiger partial charge in [0.1, 0.15) is 18.5 Å². The predicted molar refractivity (Wildman–Crippen MR) is 92.5 cm³/mol. The fourth-order valence-electron chi connectivity index (χ4n) is 2.68. The maximum Gasteiger partial charge on any atom is 0.252 e. The van der Waals surface area contributed by atoms with Gasteiger partial charge in [0.15, 0.2) is 17.2 Å². The van der Waals surface area contributed by atoms with Gasteiger partial charge in [0.2, 0.25) is 0 Å². The van der Waals surface area contributed by atoms with E-state index < -0.39 is 0 Å². The molecule has 1 N–H and O–H groups in total. The van der Waals surface area contributed by atoms with Gasteiger partial charge in [0.25, 0.3) is 5.71 Å². The summed E-state index contributed by atoms with van der Waals surface area (Å²) >= 11 is 0. The number of benzene rings is 1. The molecule has 3 heterocycles. The molecule has 0 aliphatic heterocycles. The molecule has 0 saturated heterocycles. The summed E-state index contributed by atoms with van der Waals surface area (Å²) in [5.74, 6) is 1.88. The van der Waals surface area contributed by atoms with Crippen molar-refractivity contribution in [1.82, 2.24) is 29.7 Å². The molecule has 0 aliphatic carbocycles. The van der Waals surface area contributed by atoms with Gasteiger partial charge in [0, 0.05) is 6.92 Å². The Hall–Kier alpha value is -3.29. The van der Waals surface area contributed by atoms with Crippen LogP contribution in [0.5, 0.6) is 0 Å². The fourth-order valence-corrected chi connectivity index (χ4v) is 2.68. The van der Waals surface area contributed by atoms with Gasteiger partial charge in [-0.3, -0.25) is 0 Å². The molecule has 0 fully saturated rings. The first-order valence-corrected chi connectivity index (χ1v) is 7.93. The molecule has 8 heteroatoms. The number of anilines is 1. The van der Waals surface area contributed by atoms with Crippen LogP contribution in [0.2, 0.25) is 0 Å². The van der Waals surface area contributed by atoms with E-state index in [1.165, 1.54) is 6.33 Å². The third kappa shape index (κ3) is 2.93.